The van der Waals surface area contributed by atoms with Crippen LogP contribution in [-0.2, 0) is 4.79 Å². The van der Waals surface area contributed by atoms with Crippen molar-refractivity contribution in [3.05, 3.63) is 93.0 Å². The molecule has 0 saturated carbocycles. The van der Waals surface area contributed by atoms with Crippen LogP contribution in [-0.4, -0.2) is 31.3 Å². The van der Waals surface area contributed by atoms with Gasteiger partial charge in [-0.05, 0) is 64.3 Å². The molecule has 0 heterocycles. The van der Waals surface area contributed by atoms with Crippen molar-refractivity contribution in [2.75, 3.05) is 13.7 Å². The fourth-order valence-corrected chi connectivity index (χ4v) is 4.05. The van der Waals surface area contributed by atoms with Crippen LogP contribution in [0.4, 0.5) is 0 Å². The van der Waals surface area contributed by atoms with E-state index in [0.717, 1.165) is 10.0 Å². The Kier molecular flexibility index (Phi) is 6.42. The molecule has 33 heavy (non-hydrogen) atoms. The van der Waals surface area contributed by atoms with Crippen molar-refractivity contribution >= 4 is 39.5 Å². The van der Waals surface area contributed by atoms with Crippen molar-refractivity contribution < 1.29 is 28.6 Å². The number of hydrogen-bond acceptors (Lipinski definition) is 6. The number of ketones is 2. The number of benzene rings is 3. The number of esters is 1. The standard InChI is InChI=1S/C26H19BrO6/c1-15-7-9-21(20(27)11-15)32-14-24(28)33-22-10-8-16(13-23(22)31-2)12-19-25(29)17-5-3-4-6-18(17)26(19)30/h3-13H,14H2,1-2H3. The van der Waals surface area contributed by atoms with E-state index in [1.165, 1.54) is 13.2 Å². The lowest BCUT2D eigenvalue weighted by Crippen LogP contribution is -2.18. The molecule has 0 N–H and O–H groups in total. The zero-order chi connectivity index (χ0) is 23.5. The van der Waals surface area contributed by atoms with Gasteiger partial charge >= 0.3 is 5.97 Å². The number of aryl methyl sites for hydroxylation is 1. The van der Waals surface area contributed by atoms with Gasteiger partial charge in [0.05, 0.1) is 17.2 Å². The number of halogens is 1. The van der Waals surface area contributed by atoms with Gasteiger partial charge in [0.15, 0.2) is 29.7 Å². The minimum Gasteiger partial charge on any atom is -0.493 e. The number of carbonyl (C=O) groups excluding carboxylic acids is 3. The summed E-state index contributed by atoms with van der Waals surface area (Å²) in [5, 5.41) is 0. The summed E-state index contributed by atoms with van der Waals surface area (Å²) in [4.78, 5) is 37.5. The fourth-order valence-electron chi connectivity index (χ4n) is 3.44. The summed E-state index contributed by atoms with van der Waals surface area (Å²) >= 11 is 3.40. The summed E-state index contributed by atoms with van der Waals surface area (Å²) in [6.07, 6.45) is 1.51. The van der Waals surface area contributed by atoms with E-state index in [1.807, 2.05) is 19.1 Å². The summed E-state index contributed by atoms with van der Waals surface area (Å²) in [7, 11) is 1.44. The Morgan fingerprint density at radius 2 is 1.58 bits per heavy atom. The molecule has 0 bridgehead atoms. The average molecular weight is 507 g/mol. The van der Waals surface area contributed by atoms with Gasteiger partial charge in [-0.25, -0.2) is 4.79 Å². The zero-order valence-corrected chi connectivity index (χ0v) is 19.5. The van der Waals surface area contributed by atoms with Gasteiger partial charge in [-0.3, -0.25) is 9.59 Å². The largest absolute Gasteiger partial charge is 0.493 e. The van der Waals surface area contributed by atoms with Crippen LogP contribution in [0.5, 0.6) is 17.2 Å². The second-order valence-corrected chi connectivity index (χ2v) is 8.22. The predicted molar refractivity (Wildman–Crippen MR) is 126 cm³/mol. The van der Waals surface area contributed by atoms with Crippen LogP contribution >= 0.6 is 15.9 Å². The molecule has 0 spiro atoms. The number of fused-ring (bicyclic) bond motifs is 1. The van der Waals surface area contributed by atoms with Gasteiger partial charge in [0, 0.05) is 11.1 Å². The van der Waals surface area contributed by atoms with E-state index in [2.05, 4.69) is 15.9 Å². The van der Waals surface area contributed by atoms with E-state index < -0.39 is 5.97 Å². The van der Waals surface area contributed by atoms with Crippen molar-refractivity contribution in [1.82, 2.24) is 0 Å². The highest BCUT2D eigenvalue weighted by Gasteiger charge is 2.32. The Bertz CT molecular complexity index is 1270. The summed E-state index contributed by atoms with van der Waals surface area (Å²) in [6, 6.07) is 17.0. The van der Waals surface area contributed by atoms with E-state index in [4.69, 9.17) is 14.2 Å². The smallest absolute Gasteiger partial charge is 0.349 e. The third-order valence-electron chi connectivity index (χ3n) is 5.06. The second kappa shape index (κ2) is 9.42. The molecule has 0 saturated heterocycles. The van der Waals surface area contributed by atoms with Gasteiger partial charge in [0.25, 0.3) is 0 Å². The third kappa shape index (κ3) is 4.73. The molecular weight excluding hydrogens is 488 g/mol. The first-order valence-corrected chi connectivity index (χ1v) is 10.8. The Morgan fingerprint density at radius 3 is 2.21 bits per heavy atom. The average Bonchev–Trinajstić information content (AvgIpc) is 3.04. The summed E-state index contributed by atoms with van der Waals surface area (Å²) < 4.78 is 17.0. The van der Waals surface area contributed by atoms with Crippen molar-refractivity contribution in [2.45, 2.75) is 6.92 Å². The van der Waals surface area contributed by atoms with Crippen molar-refractivity contribution in [3.8, 4) is 17.2 Å². The molecule has 166 valence electrons. The van der Waals surface area contributed by atoms with Gasteiger partial charge in [-0.15, -0.1) is 0 Å². The number of carbonyl (C=O) groups is 3. The van der Waals surface area contributed by atoms with Gasteiger partial charge in [-0.1, -0.05) is 36.4 Å². The van der Waals surface area contributed by atoms with Gasteiger partial charge in [0.2, 0.25) is 0 Å². The number of allylic oxidation sites excluding steroid dienone is 1. The van der Waals surface area contributed by atoms with Crippen LogP contribution in [0.3, 0.4) is 0 Å². The van der Waals surface area contributed by atoms with Crippen LogP contribution in [0.2, 0.25) is 0 Å². The van der Waals surface area contributed by atoms with E-state index in [-0.39, 0.29) is 35.2 Å². The molecule has 0 aliphatic heterocycles. The first kappa shape index (κ1) is 22.5. The lowest BCUT2D eigenvalue weighted by atomic mass is 10.1. The highest BCUT2D eigenvalue weighted by Crippen LogP contribution is 2.32. The van der Waals surface area contributed by atoms with Crippen molar-refractivity contribution in [2.24, 2.45) is 0 Å². The molecule has 0 atom stereocenters. The molecule has 0 unspecified atom stereocenters. The second-order valence-electron chi connectivity index (χ2n) is 7.37. The monoisotopic (exact) mass is 506 g/mol. The van der Waals surface area contributed by atoms with E-state index >= 15 is 0 Å². The summed E-state index contributed by atoms with van der Waals surface area (Å²) in [6.45, 7) is 1.66. The van der Waals surface area contributed by atoms with Crippen LogP contribution in [0.15, 0.2) is 70.7 Å². The van der Waals surface area contributed by atoms with Gasteiger partial charge in [-0.2, -0.15) is 0 Å². The topological polar surface area (TPSA) is 78.9 Å². The van der Waals surface area contributed by atoms with Crippen LogP contribution in [0, 0.1) is 6.92 Å². The van der Waals surface area contributed by atoms with Crippen LogP contribution in [0.1, 0.15) is 31.8 Å². The van der Waals surface area contributed by atoms with Crippen molar-refractivity contribution in [3.63, 3.8) is 0 Å². The predicted octanol–water partition coefficient (Wildman–Crippen LogP) is 5.21. The van der Waals surface area contributed by atoms with Gasteiger partial charge < -0.3 is 14.2 Å². The Balaban J connectivity index is 1.48. The molecular formula is C26H19BrO6. The molecule has 6 nitrogen and oxygen atoms in total. The first-order chi connectivity index (χ1) is 15.9. The molecule has 0 aromatic heterocycles. The summed E-state index contributed by atoms with van der Waals surface area (Å²) in [5.74, 6) is -0.232. The van der Waals surface area contributed by atoms with Gasteiger partial charge in [0.1, 0.15) is 5.75 Å². The Morgan fingerprint density at radius 1 is 0.909 bits per heavy atom. The van der Waals surface area contributed by atoms with E-state index in [9.17, 15) is 14.4 Å². The highest BCUT2D eigenvalue weighted by atomic mass is 79.9. The van der Waals surface area contributed by atoms with Crippen LogP contribution < -0.4 is 14.2 Å². The molecule has 1 aliphatic carbocycles. The number of rotatable bonds is 6. The Hall–Kier alpha value is -3.71. The van der Waals surface area contributed by atoms with Crippen LogP contribution in [0.25, 0.3) is 6.08 Å². The molecule has 0 fully saturated rings. The molecule has 4 rings (SSSR count). The molecule has 0 amide bonds. The maximum Gasteiger partial charge on any atom is 0.349 e. The molecule has 3 aromatic carbocycles. The molecule has 1 aliphatic rings. The molecule has 7 heteroatoms. The summed E-state index contributed by atoms with van der Waals surface area (Å²) in [5.41, 5.74) is 2.50. The quantitative estimate of drug-likeness (QED) is 0.197. The minimum atomic E-state index is -0.608. The number of hydrogen-bond donors (Lipinski definition) is 0. The molecule has 0 radical (unpaired) electrons. The highest BCUT2D eigenvalue weighted by molar-refractivity contribution is 9.10. The number of methoxy groups -OCH3 is 1. The minimum absolute atomic E-state index is 0.0834. The lowest BCUT2D eigenvalue weighted by Gasteiger charge is -2.11. The maximum absolute atomic E-state index is 12.6. The molecule has 3 aromatic rings. The lowest BCUT2D eigenvalue weighted by molar-refractivity contribution is -0.136. The van der Waals surface area contributed by atoms with E-state index in [1.54, 1.807) is 48.5 Å². The fraction of sp³-hybridized carbons (Fsp3) is 0.115. The Labute approximate surface area is 198 Å². The third-order valence-corrected chi connectivity index (χ3v) is 5.68. The SMILES string of the molecule is COc1cc(C=C2C(=O)c3ccccc3C2=O)ccc1OC(=O)COc1ccc(C)cc1Br. The zero-order valence-electron chi connectivity index (χ0n) is 17.9. The maximum atomic E-state index is 12.6. The number of ether oxygens (including phenoxy) is 3. The van der Waals surface area contributed by atoms with Crippen molar-refractivity contribution in [1.29, 1.82) is 0 Å². The normalized spacial score (nSPS) is 12.4. The van der Waals surface area contributed by atoms with E-state index in [0.29, 0.717) is 22.4 Å². The first-order valence-electron chi connectivity index (χ1n) is 10.0. The number of Topliss-reactive ketones (excluding diaryl/α,β-unsaturated/α-hetero) is 2.